The molecule has 1 N–H and O–H groups in total. The van der Waals surface area contributed by atoms with Crippen LogP contribution in [0.25, 0.3) is 0 Å². The second-order valence-electron chi connectivity index (χ2n) is 5.93. The van der Waals surface area contributed by atoms with Crippen LogP contribution in [0.2, 0.25) is 0 Å². The van der Waals surface area contributed by atoms with Crippen molar-refractivity contribution in [3.63, 3.8) is 0 Å². The van der Waals surface area contributed by atoms with Crippen LogP contribution in [0.3, 0.4) is 0 Å². The zero-order chi connectivity index (χ0) is 16.7. The van der Waals surface area contributed by atoms with E-state index in [2.05, 4.69) is 28.2 Å². The number of amides is 1. The zero-order valence-corrected chi connectivity index (χ0v) is 14.8. The topological polar surface area (TPSA) is 64.6 Å². The van der Waals surface area contributed by atoms with Gasteiger partial charge in [0.25, 0.3) is 5.91 Å². The maximum absolute atomic E-state index is 11.8. The number of halogens is 1. The molecular formula is C17H22BrNO4. The molecule has 6 heteroatoms. The van der Waals surface area contributed by atoms with Gasteiger partial charge < -0.3 is 14.8 Å². The molecule has 1 saturated carbocycles. The fourth-order valence-electron chi connectivity index (χ4n) is 2.53. The lowest BCUT2D eigenvalue weighted by Crippen LogP contribution is -2.39. The number of rotatable bonds is 6. The van der Waals surface area contributed by atoms with Gasteiger partial charge in [0.1, 0.15) is 5.75 Å². The molecule has 0 aromatic heterocycles. The van der Waals surface area contributed by atoms with E-state index in [9.17, 15) is 9.59 Å². The molecule has 1 aromatic rings. The van der Waals surface area contributed by atoms with Gasteiger partial charge in [-0.05, 0) is 55.9 Å². The average Bonchev–Trinajstić information content (AvgIpc) is 2.54. The van der Waals surface area contributed by atoms with Crippen molar-refractivity contribution in [3.8, 4) is 5.75 Å². The largest absolute Gasteiger partial charge is 0.482 e. The first-order chi connectivity index (χ1) is 11.0. The van der Waals surface area contributed by atoms with Gasteiger partial charge >= 0.3 is 5.97 Å². The SMILES string of the molecule is CC1CCC(NC(=O)COC(=O)COc2ccc(Br)cc2)CC1. The van der Waals surface area contributed by atoms with E-state index in [1.807, 2.05) is 12.1 Å². The number of ether oxygens (including phenoxy) is 2. The van der Waals surface area contributed by atoms with Crippen LogP contribution in [0.1, 0.15) is 32.6 Å². The Morgan fingerprint density at radius 1 is 1.13 bits per heavy atom. The zero-order valence-electron chi connectivity index (χ0n) is 13.2. The van der Waals surface area contributed by atoms with E-state index in [0.717, 1.165) is 36.1 Å². The molecule has 5 nitrogen and oxygen atoms in total. The third-order valence-electron chi connectivity index (χ3n) is 3.92. The van der Waals surface area contributed by atoms with Crippen molar-refractivity contribution in [1.29, 1.82) is 0 Å². The van der Waals surface area contributed by atoms with Crippen molar-refractivity contribution in [3.05, 3.63) is 28.7 Å². The minimum absolute atomic E-state index is 0.205. The van der Waals surface area contributed by atoms with Crippen molar-refractivity contribution in [2.75, 3.05) is 13.2 Å². The summed E-state index contributed by atoms with van der Waals surface area (Å²) in [5, 5.41) is 2.91. The van der Waals surface area contributed by atoms with Gasteiger partial charge in [-0.2, -0.15) is 0 Å². The molecule has 0 unspecified atom stereocenters. The van der Waals surface area contributed by atoms with Crippen LogP contribution < -0.4 is 10.1 Å². The molecule has 126 valence electrons. The summed E-state index contributed by atoms with van der Waals surface area (Å²) >= 11 is 3.32. The fraction of sp³-hybridized carbons (Fsp3) is 0.529. The molecule has 1 aliphatic carbocycles. The molecule has 1 fully saturated rings. The number of hydrogen-bond acceptors (Lipinski definition) is 4. The van der Waals surface area contributed by atoms with Crippen LogP contribution >= 0.6 is 15.9 Å². The summed E-state index contributed by atoms with van der Waals surface area (Å²) in [7, 11) is 0. The summed E-state index contributed by atoms with van der Waals surface area (Å²) in [6, 6.07) is 7.33. The van der Waals surface area contributed by atoms with Crippen molar-refractivity contribution in [1.82, 2.24) is 5.32 Å². The van der Waals surface area contributed by atoms with E-state index in [-0.39, 0.29) is 25.2 Å². The van der Waals surface area contributed by atoms with Crippen LogP contribution in [-0.2, 0) is 14.3 Å². The molecular weight excluding hydrogens is 362 g/mol. The first kappa shape index (κ1) is 17.8. The van der Waals surface area contributed by atoms with Crippen molar-refractivity contribution < 1.29 is 19.1 Å². The standard InChI is InChI=1S/C17H22BrNO4/c1-12-2-6-14(7-3-12)19-16(20)10-23-17(21)11-22-15-8-4-13(18)5-9-15/h4-5,8-9,12,14H,2-3,6-7,10-11H2,1H3,(H,19,20). The van der Waals surface area contributed by atoms with Crippen LogP contribution in [0.4, 0.5) is 0 Å². The molecule has 0 bridgehead atoms. The molecule has 0 spiro atoms. The van der Waals surface area contributed by atoms with E-state index in [1.165, 1.54) is 0 Å². The number of hydrogen-bond donors (Lipinski definition) is 1. The Kier molecular flexibility index (Phi) is 6.89. The third kappa shape index (κ3) is 6.60. The van der Waals surface area contributed by atoms with Gasteiger partial charge in [-0.25, -0.2) is 4.79 Å². The maximum Gasteiger partial charge on any atom is 0.344 e. The van der Waals surface area contributed by atoms with E-state index < -0.39 is 5.97 Å². The monoisotopic (exact) mass is 383 g/mol. The summed E-state index contributed by atoms with van der Waals surface area (Å²) in [5.74, 6) is 0.504. The molecule has 0 aliphatic heterocycles. The normalized spacial score (nSPS) is 20.6. The highest BCUT2D eigenvalue weighted by atomic mass is 79.9. The lowest BCUT2D eigenvalue weighted by atomic mass is 9.87. The van der Waals surface area contributed by atoms with Crippen molar-refractivity contribution in [2.24, 2.45) is 5.92 Å². The second-order valence-corrected chi connectivity index (χ2v) is 6.84. The van der Waals surface area contributed by atoms with Gasteiger partial charge in [0.05, 0.1) is 0 Å². The number of nitrogens with one attached hydrogen (secondary N) is 1. The van der Waals surface area contributed by atoms with E-state index in [0.29, 0.717) is 5.75 Å². The highest BCUT2D eigenvalue weighted by Crippen LogP contribution is 2.23. The highest BCUT2D eigenvalue weighted by molar-refractivity contribution is 9.10. The highest BCUT2D eigenvalue weighted by Gasteiger charge is 2.20. The average molecular weight is 384 g/mol. The van der Waals surface area contributed by atoms with Gasteiger partial charge in [0, 0.05) is 10.5 Å². The Bertz CT molecular complexity index is 524. The summed E-state index contributed by atoms with van der Waals surface area (Å²) in [6.07, 6.45) is 4.25. The van der Waals surface area contributed by atoms with Gasteiger partial charge in [0.15, 0.2) is 13.2 Å². The van der Waals surface area contributed by atoms with Gasteiger partial charge in [-0.1, -0.05) is 22.9 Å². The third-order valence-corrected chi connectivity index (χ3v) is 4.44. The van der Waals surface area contributed by atoms with Gasteiger partial charge in [0.2, 0.25) is 0 Å². The van der Waals surface area contributed by atoms with Crippen molar-refractivity contribution in [2.45, 2.75) is 38.6 Å². The molecule has 0 heterocycles. The molecule has 0 radical (unpaired) electrons. The quantitative estimate of drug-likeness (QED) is 0.766. The van der Waals surface area contributed by atoms with E-state index in [1.54, 1.807) is 12.1 Å². The Morgan fingerprint density at radius 2 is 1.78 bits per heavy atom. The van der Waals surface area contributed by atoms with Gasteiger partial charge in [-0.15, -0.1) is 0 Å². The predicted octanol–water partition coefficient (Wildman–Crippen LogP) is 3.07. The summed E-state index contributed by atoms with van der Waals surface area (Å²) in [6.45, 7) is 1.76. The lowest BCUT2D eigenvalue weighted by Gasteiger charge is -2.26. The predicted molar refractivity (Wildman–Crippen MR) is 90.2 cm³/mol. The van der Waals surface area contributed by atoms with Crippen LogP contribution in [0.5, 0.6) is 5.75 Å². The summed E-state index contributed by atoms with van der Waals surface area (Å²) in [4.78, 5) is 23.4. The first-order valence-corrected chi connectivity index (χ1v) is 8.65. The summed E-state index contributed by atoms with van der Waals surface area (Å²) < 4.78 is 11.1. The fourth-order valence-corrected chi connectivity index (χ4v) is 2.80. The first-order valence-electron chi connectivity index (χ1n) is 7.86. The Balaban J connectivity index is 1.61. The minimum atomic E-state index is -0.555. The number of carbonyl (C=O) groups is 2. The molecule has 1 aromatic carbocycles. The van der Waals surface area contributed by atoms with Crippen molar-refractivity contribution >= 4 is 27.8 Å². The molecule has 23 heavy (non-hydrogen) atoms. The molecule has 1 aliphatic rings. The Morgan fingerprint density at radius 3 is 2.43 bits per heavy atom. The molecule has 0 atom stereocenters. The molecule has 0 saturated heterocycles. The van der Waals surface area contributed by atoms with E-state index in [4.69, 9.17) is 9.47 Å². The van der Waals surface area contributed by atoms with Crippen LogP contribution in [0, 0.1) is 5.92 Å². The molecule has 1 amide bonds. The lowest BCUT2D eigenvalue weighted by molar-refractivity contribution is -0.150. The summed E-state index contributed by atoms with van der Waals surface area (Å²) in [5.41, 5.74) is 0. The Labute approximate surface area is 144 Å². The number of esters is 1. The van der Waals surface area contributed by atoms with Crippen LogP contribution in [0.15, 0.2) is 28.7 Å². The Hall–Kier alpha value is -1.56. The minimum Gasteiger partial charge on any atom is -0.482 e. The second kappa shape index (κ2) is 8.91. The smallest absolute Gasteiger partial charge is 0.344 e. The van der Waals surface area contributed by atoms with Gasteiger partial charge in [-0.3, -0.25) is 4.79 Å². The number of benzene rings is 1. The van der Waals surface area contributed by atoms with Crippen LogP contribution in [-0.4, -0.2) is 31.1 Å². The maximum atomic E-state index is 11.8. The van der Waals surface area contributed by atoms with E-state index >= 15 is 0 Å². The number of carbonyl (C=O) groups excluding carboxylic acids is 2. The molecule has 2 rings (SSSR count).